The second kappa shape index (κ2) is 8.09. The van der Waals surface area contributed by atoms with E-state index in [1.165, 1.54) is 25.9 Å². The lowest BCUT2D eigenvalue weighted by Gasteiger charge is -2.17. The SMILES string of the molecule is C[C@H]1CCc2c(sc3ncn4c(=O)n(CC(=O)NCCc5ccc(Cl)cc5)nc4c23)C1. The third-order valence-electron chi connectivity index (χ3n) is 5.82. The zero-order valence-electron chi connectivity index (χ0n) is 17.1. The Balaban J connectivity index is 1.36. The van der Waals surface area contributed by atoms with Gasteiger partial charge in [0.05, 0.1) is 5.39 Å². The highest BCUT2D eigenvalue weighted by Gasteiger charge is 2.24. The maximum absolute atomic E-state index is 12.8. The first-order chi connectivity index (χ1) is 15.0. The molecule has 0 saturated carbocycles. The van der Waals surface area contributed by atoms with Crippen LogP contribution in [-0.2, 0) is 30.6 Å². The van der Waals surface area contributed by atoms with Crippen molar-refractivity contribution in [3.8, 4) is 0 Å². The molecule has 0 unspecified atom stereocenters. The van der Waals surface area contributed by atoms with Gasteiger partial charge in [0, 0.05) is 16.4 Å². The zero-order chi connectivity index (χ0) is 21.5. The molecular formula is C22H22ClN5O2S. The number of aryl methyl sites for hydroxylation is 1. The van der Waals surface area contributed by atoms with Crippen LogP contribution in [0.15, 0.2) is 35.4 Å². The molecule has 3 heterocycles. The van der Waals surface area contributed by atoms with E-state index in [1.54, 1.807) is 11.3 Å². The molecule has 31 heavy (non-hydrogen) atoms. The number of amides is 1. The Bertz CT molecular complexity index is 1340. The maximum atomic E-state index is 12.8. The highest BCUT2D eigenvalue weighted by atomic mass is 35.5. The topological polar surface area (TPSA) is 81.3 Å². The van der Waals surface area contributed by atoms with Crippen LogP contribution in [0.4, 0.5) is 0 Å². The van der Waals surface area contributed by atoms with E-state index in [-0.39, 0.29) is 18.1 Å². The standard InChI is InChI=1S/C22H22ClN5O2S/c1-13-2-7-16-17(10-13)31-21-19(16)20-26-28(22(30)27(20)12-25-21)11-18(29)24-9-8-14-3-5-15(23)6-4-14/h3-6,12-13H,2,7-11H2,1H3,(H,24,29)/t13-/m0/s1. The van der Waals surface area contributed by atoms with Crippen molar-refractivity contribution in [3.63, 3.8) is 0 Å². The number of aromatic nitrogens is 4. The van der Waals surface area contributed by atoms with Gasteiger partial charge >= 0.3 is 5.69 Å². The van der Waals surface area contributed by atoms with Crippen LogP contribution in [-0.4, -0.2) is 31.6 Å². The van der Waals surface area contributed by atoms with Gasteiger partial charge in [0.15, 0.2) is 5.65 Å². The molecule has 9 heteroatoms. The summed E-state index contributed by atoms with van der Waals surface area (Å²) in [5.41, 5.74) is 2.60. The minimum atomic E-state index is -0.346. The highest BCUT2D eigenvalue weighted by molar-refractivity contribution is 7.19. The average molecular weight is 456 g/mol. The molecule has 0 bridgehead atoms. The van der Waals surface area contributed by atoms with E-state index in [1.807, 2.05) is 24.3 Å². The highest BCUT2D eigenvalue weighted by Crippen LogP contribution is 2.38. The van der Waals surface area contributed by atoms with Gasteiger partial charge in [0.25, 0.3) is 0 Å². The Morgan fingerprint density at radius 2 is 2.13 bits per heavy atom. The number of nitrogens with zero attached hydrogens (tertiary/aromatic N) is 4. The third kappa shape index (κ3) is 3.85. The number of fused-ring (bicyclic) bond motifs is 5. The summed E-state index contributed by atoms with van der Waals surface area (Å²) >= 11 is 7.59. The fraction of sp³-hybridized carbons (Fsp3) is 0.364. The van der Waals surface area contributed by atoms with Gasteiger partial charge in [0.2, 0.25) is 5.91 Å². The van der Waals surface area contributed by atoms with Crippen molar-refractivity contribution in [1.82, 2.24) is 24.5 Å². The molecule has 7 nitrogen and oxygen atoms in total. The number of benzene rings is 1. The van der Waals surface area contributed by atoms with Crippen LogP contribution < -0.4 is 11.0 Å². The molecular weight excluding hydrogens is 434 g/mol. The monoisotopic (exact) mass is 455 g/mol. The number of rotatable bonds is 5. The van der Waals surface area contributed by atoms with Gasteiger partial charge in [-0.3, -0.25) is 4.79 Å². The molecule has 0 radical (unpaired) electrons. The van der Waals surface area contributed by atoms with Gasteiger partial charge in [0.1, 0.15) is 17.7 Å². The molecule has 1 atom stereocenters. The van der Waals surface area contributed by atoms with Gasteiger partial charge in [-0.15, -0.1) is 16.4 Å². The van der Waals surface area contributed by atoms with Crippen molar-refractivity contribution < 1.29 is 4.79 Å². The second-order valence-electron chi connectivity index (χ2n) is 8.14. The van der Waals surface area contributed by atoms with Gasteiger partial charge < -0.3 is 5.32 Å². The molecule has 1 aliphatic carbocycles. The first-order valence-electron chi connectivity index (χ1n) is 10.4. The van der Waals surface area contributed by atoms with E-state index >= 15 is 0 Å². The molecule has 0 spiro atoms. The molecule has 1 aromatic carbocycles. The summed E-state index contributed by atoms with van der Waals surface area (Å²) in [6.07, 6.45) is 5.36. The molecule has 5 rings (SSSR count). The molecule has 1 aliphatic rings. The van der Waals surface area contributed by atoms with Gasteiger partial charge in [-0.2, -0.15) is 0 Å². The molecule has 160 valence electrons. The van der Waals surface area contributed by atoms with Gasteiger partial charge in [-0.1, -0.05) is 30.7 Å². The summed E-state index contributed by atoms with van der Waals surface area (Å²) in [7, 11) is 0. The lowest BCUT2D eigenvalue weighted by atomic mass is 9.89. The zero-order valence-corrected chi connectivity index (χ0v) is 18.7. The molecule has 3 aromatic heterocycles. The van der Waals surface area contributed by atoms with Crippen molar-refractivity contribution in [3.05, 3.63) is 62.1 Å². The Labute approximate surface area is 187 Å². The van der Waals surface area contributed by atoms with Crippen molar-refractivity contribution >= 4 is 44.7 Å². The molecule has 1 N–H and O–H groups in total. The van der Waals surface area contributed by atoms with Crippen molar-refractivity contribution in [2.75, 3.05) is 6.54 Å². The lowest BCUT2D eigenvalue weighted by molar-refractivity contribution is -0.121. The first kappa shape index (κ1) is 20.2. The van der Waals surface area contributed by atoms with E-state index in [0.717, 1.165) is 35.0 Å². The van der Waals surface area contributed by atoms with Crippen LogP contribution >= 0.6 is 22.9 Å². The number of carbonyl (C=O) groups excluding carboxylic acids is 1. The summed E-state index contributed by atoms with van der Waals surface area (Å²) in [6.45, 7) is 2.62. The fourth-order valence-electron chi connectivity index (χ4n) is 4.16. The van der Waals surface area contributed by atoms with E-state index in [4.69, 9.17) is 11.6 Å². The quantitative estimate of drug-likeness (QED) is 0.501. The van der Waals surface area contributed by atoms with Crippen LogP contribution in [0.2, 0.25) is 5.02 Å². The van der Waals surface area contributed by atoms with E-state index in [9.17, 15) is 9.59 Å². The summed E-state index contributed by atoms with van der Waals surface area (Å²) in [5, 5.41) is 9.02. The summed E-state index contributed by atoms with van der Waals surface area (Å²) < 4.78 is 2.68. The van der Waals surface area contributed by atoms with Crippen LogP contribution in [0.25, 0.3) is 15.9 Å². The number of carbonyl (C=O) groups is 1. The average Bonchev–Trinajstić information content (AvgIpc) is 3.26. The number of hydrogen-bond donors (Lipinski definition) is 1. The van der Waals surface area contributed by atoms with Gasteiger partial charge in [-0.05, 0) is 54.9 Å². The van der Waals surface area contributed by atoms with Crippen LogP contribution in [0.5, 0.6) is 0 Å². The molecule has 0 saturated heterocycles. The second-order valence-corrected chi connectivity index (χ2v) is 9.66. The number of hydrogen-bond acceptors (Lipinski definition) is 5. The Morgan fingerprint density at radius 3 is 2.94 bits per heavy atom. The number of halogens is 1. The Morgan fingerprint density at radius 1 is 1.32 bits per heavy atom. The smallest absolute Gasteiger partial charge is 0.352 e. The Kier molecular flexibility index (Phi) is 5.27. The molecule has 1 amide bonds. The third-order valence-corrected chi connectivity index (χ3v) is 7.23. The normalized spacial score (nSPS) is 16.0. The molecule has 4 aromatic rings. The van der Waals surface area contributed by atoms with Crippen LogP contribution in [0, 0.1) is 5.92 Å². The van der Waals surface area contributed by atoms with E-state index in [2.05, 4.69) is 22.3 Å². The lowest BCUT2D eigenvalue weighted by Crippen LogP contribution is -2.33. The first-order valence-corrected chi connectivity index (χ1v) is 11.6. The predicted molar refractivity (Wildman–Crippen MR) is 122 cm³/mol. The molecule has 0 aliphatic heterocycles. The minimum Gasteiger partial charge on any atom is -0.354 e. The number of thiophene rings is 1. The maximum Gasteiger partial charge on any atom is 0.352 e. The summed E-state index contributed by atoms with van der Waals surface area (Å²) in [5.74, 6) is 0.415. The summed E-state index contributed by atoms with van der Waals surface area (Å²) in [6, 6.07) is 7.52. The Hall–Kier alpha value is -2.71. The minimum absolute atomic E-state index is 0.119. The van der Waals surface area contributed by atoms with Crippen molar-refractivity contribution in [2.45, 2.75) is 39.2 Å². The molecule has 0 fully saturated rings. The van der Waals surface area contributed by atoms with Crippen LogP contribution in [0.3, 0.4) is 0 Å². The van der Waals surface area contributed by atoms with Gasteiger partial charge in [-0.25, -0.2) is 18.9 Å². The number of nitrogens with one attached hydrogen (secondary N) is 1. The van der Waals surface area contributed by atoms with Crippen molar-refractivity contribution in [1.29, 1.82) is 0 Å². The predicted octanol–water partition coefficient (Wildman–Crippen LogP) is 3.24. The van der Waals surface area contributed by atoms with Crippen LogP contribution in [0.1, 0.15) is 29.3 Å². The largest absolute Gasteiger partial charge is 0.354 e. The fourth-order valence-corrected chi connectivity index (χ4v) is 5.63. The van der Waals surface area contributed by atoms with E-state index < -0.39 is 0 Å². The van der Waals surface area contributed by atoms with Crippen molar-refractivity contribution in [2.24, 2.45) is 5.92 Å². The summed E-state index contributed by atoms with van der Waals surface area (Å²) in [4.78, 5) is 32.0. The van der Waals surface area contributed by atoms with E-state index in [0.29, 0.717) is 29.6 Å².